The van der Waals surface area contributed by atoms with Crippen molar-refractivity contribution in [3.63, 3.8) is 0 Å². The highest BCUT2D eigenvalue weighted by atomic mass is 16.5. The van der Waals surface area contributed by atoms with Gasteiger partial charge in [-0.3, -0.25) is 0 Å². The Bertz CT molecular complexity index is 1910. The fraction of sp³-hybridized carbons (Fsp3) is 0.0556. The Kier molecular flexibility index (Phi) is 4.95. The van der Waals surface area contributed by atoms with Crippen molar-refractivity contribution in [2.45, 2.75) is 12.1 Å². The molecule has 2 N–H and O–H groups in total. The van der Waals surface area contributed by atoms with E-state index in [1.165, 1.54) is 49.5 Å². The van der Waals surface area contributed by atoms with Crippen LogP contribution in [0.1, 0.15) is 11.6 Å². The van der Waals surface area contributed by atoms with Crippen LogP contribution in [-0.2, 0) is 0 Å². The number of hydrogen-bond acceptors (Lipinski definition) is 3. The molecule has 0 saturated carbocycles. The van der Waals surface area contributed by atoms with Gasteiger partial charge in [0.2, 0.25) is 0 Å². The van der Waals surface area contributed by atoms with E-state index in [0.717, 1.165) is 17.1 Å². The lowest BCUT2D eigenvalue weighted by Gasteiger charge is -2.28. The van der Waals surface area contributed by atoms with Gasteiger partial charge in [-0.2, -0.15) is 0 Å². The van der Waals surface area contributed by atoms with E-state index in [4.69, 9.17) is 4.74 Å². The van der Waals surface area contributed by atoms with E-state index in [2.05, 4.69) is 120 Å². The number of rotatable bonds is 3. The lowest BCUT2D eigenvalue weighted by molar-refractivity contribution is 0.487. The molecule has 0 bridgehead atoms. The fourth-order valence-electron chi connectivity index (χ4n) is 6.20. The molecular formula is C36H26N2O. The van der Waals surface area contributed by atoms with Crippen LogP contribution in [-0.4, -0.2) is 6.04 Å². The smallest absolute Gasteiger partial charge is 0.135 e. The summed E-state index contributed by atoms with van der Waals surface area (Å²) in [6.07, 6.45) is 14.8. The SMILES string of the molecule is C1=CNC(C2=CC=CC(c3ccc(-c4ccc5c6c(cccc46)-c4ccccc4O5)c4ccccc34)N2)C=C1. The molecule has 2 unspecified atom stereocenters. The van der Waals surface area contributed by atoms with Gasteiger partial charge < -0.3 is 15.4 Å². The average Bonchev–Trinajstić information content (AvgIpc) is 3.01. The molecule has 8 rings (SSSR count). The van der Waals surface area contributed by atoms with Gasteiger partial charge >= 0.3 is 0 Å². The topological polar surface area (TPSA) is 33.3 Å². The second-order valence-electron chi connectivity index (χ2n) is 10.2. The van der Waals surface area contributed by atoms with Crippen molar-refractivity contribution in [2.24, 2.45) is 0 Å². The van der Waals surface area contributed by atoms with Gasteiger partial charge in [-0.25, -0.2) is 0 Å². The Morgan fingerprint density at radius 3 is 2.23 bits per heavy atom. The Morgan fingerprint density at radius 2 is 1.31 bits per heavy atom. The van der Waals surface area contributed by atoms with Crippen LogP contribution in [0.4, 0.5) is 0 Å². The molecule has 3 aliphatic heterocycles. The molecule has 0 aromatic heterocycles. The molecule has 0 saturated heterocycles. The molecule has 3 nitrogen and oxygen atoms in total. The first-order valence-corrected chi connectivity index (χ1v) is 13.4. The van der Waals surface area contributed by atoms with Crippen LogP contribution in [0.2, 0.25) is 0 Å². The largest absolute Gasteiger partial charge is 0.456 e. The van der Waals surface area contributed by atoms with Gasteiger partial charge in [0.1, 0.15) is 11.5 Å². The quantitative estimate of drug-likeness (QED) is 0.254. The Morgan fingerprint density at radius 1 is 0.538 bits per heavy atom. The Balaban J connectivity index is 1.26. The zero-order chi connectivity index (χ0) is 25.8. The molecule has 2 atom stereocenters. The van der Waals surface area contributed by atoms with Crippen LogP contribution in [0.5, 0.6) is 11.5 Å². The van der Waals surface area contributed by atoms with Gasteiger partial charge in [0, 0.05) is 16.6 Å². The summed E-state index contributed by atoms with van der Waals surface area (Å²) in [6.45, 7) is 0. The van der Waals surface area contributed by atoms with Crippen LogP contribution in [0.25, 0.3) is 43.8 Å². The minimum absolute atomic E-state index is 0.0891. The van der Waals surface area contributed by atoms with Gasteiger partial charge in [0.15, 0.2) is 0 Å². The molecular weight excluding hydrogens is 476 g/mol. The molecule has 3 aliphatic rings. The standard InChI is InChI=1S/C36H26N2O/c1-2-10-24-23(9-1)25(18-19-27(24)31-15-8-16-33(38-31)32-14-5-6-22-37-32)26-20-21-35-36-29(26)12-7-13-30(36)28-11-3-4-17-34(28)39-35/h1-22,31-32,37-38H. The highest BCUT2D eigenvalue weighted by molar-refractivity contribution is 6.13. The van der Waals surface area contributed by atoms with Gasteiger partial charge in [0.05, 0.1) is 12.1 Å². The zero-order valence-electron chi connectivity index (χ0n) is 21.3. The molecule has 0 radical (unpaired) electrons. The summed E-state index contributed by atoms with van der Waals surface area (Å²) in [7, 11) is 0. The molecule has 0 amide bonds. The lowest BCUT2D eigenvalue weighted by Crippen LogP contribution is -2.35. The van der Waals surface area contributed by atoms with Crippen LogP contribution in [0.3, 0.4) is 0 Å². The summed E-state index contributed by atoms with van der Waals surface area (Å²) in [5, 5.41) is 12.1. The second kappa shape index (κ2) is 8.78. The molecule has 5 aromatic carbocycles. The van der Waals surface area contributed by atoms with Crippen LogP contribution < -0.4 is 15.4 Å². The summed E-state index contributed by atoms with van der Waals surface area (Å²) in [5.41, 5.74) is 7.26. The number of nitrogens with one attached hydrogen (secondary N) is 2. The van der Waals surface area contributed by atoms with E-state index in [-0.39, 0.29) is 12.1 Å². The van der Waals surface area contributed by atoms with E-state index >= 15 is 0 Å². The highest BCUT2D eigenvalue weighted by Gasteiger charge is 2.23. The van der Waals surface area contributed by atoms with Gasteiger partial charge in [0.25, 0.3) is 0 Å². The first kappa shape index (κ1) is 22.0. The minimum atomic E-state index is 0.0891. The van der Waals surface area contributed by atoms with Gasteiger partial charge in [-0.15, -0.1) is 0 Å². The Hall–Kier alpha value is -5.02. The molecule has 5 aromatic rings. The van der Waals surface area contributed by atoms with E-state index < -0.39 is 0 Å². The first-order valence-electron chi connectivity index (χ1n) is 13.4. The number of fused-ring (bicyclic) bond motifs is 3. The molecule has 0 fully saturated rings. The van der Waals surface area contributed by atoms with Gasteiger partial charge in [-0.1, -0.05) is 103 Å². The van der Waals surface area contributed by atoms with Crippen molar-refractivity contribution < 1.29 is 4.74 Å². The molecule has 3 heteroatoms. The third-order valence-electron chi connectivity index (χ3n) is 8.01. The molecule has 3 heterocycles. The maximum atomic E-state index is 6.35. The molecule has 186 valence electrons. The first-order chi connectivity index (χ1) is 19.3. The second-order valence-corrected chi connectivity index (χ2v) is 10.2. The minimum Gasteiger partial charge on any atom is -0.456 e. The van der Waals surface area contributed by atoms with Crippen molar-refractivity contribution in [1.29, 1.82) is 0 Å². The highest BCUT2D eigenvalue weighted by Crippen LogP contribution is 2.49. The van der Waals surface area contributed by atoms with Crippen molar-refractivity contribution in [1.82, 2.24) is 10.6 Å². The normalized spacial score (nSPS) is 18.7. The van der Waals surface area contributed by atoms with Crippen molar-refractivity contribution in [2.75, 3.05) is 0 Å². The summed E-state index contributed by atoms with van der Waals surface area (Å²) in [5.74, 6) is 1.83. The molecule has 39 heavy (non-hydrogen) atoms. The monoisotopic (exact) mass is 502 g/mol. The summed E-state index contributed by atoms with van der Waals surface area (Å²) < 4.78 is 6.35. The zero-order valence-corrected chi connectivity index (χ0v) is 21.3. The number of hydrogen-bond donors (Lipinski definition) is 2. The predicted molar refractivity (Wildman–Crippen MR) is 161 cm³/mol. The summed E-state index contributed by atoms with van der Waals surface area (Å²) >= 11 is 0. The van der Waals surface area contributed by atoms with Crippen molar-refractivity contribution in [3.8, 4) is 33.8 Å². The van der Waals surface area contributed by atoms with Crippen molar-refractivity contribution >= 4 is 21.5 Å². The molecule has 0 aliphatic carbocycles. The van der Waals surface area contributed by atoms with Crippen LogP contribution in [0.15, 0.2) is 139 Å². The third-order valence-corrected chi connectivity index (χ3v) is 8.01. The third kappa shape index (κ3) is 3.51. The number of benzene rings is 5. The summed E-state index contributed by atoms with van der Waals surface area (Å²) in [6, 6.07) is 32.8. The van der Waals surface area contributed by atoms with E-state index in [1.807, 2.05) is 24.4 Å². The summed E-state index contributed by atoms with van der Waals surface area (Å²) in [4.78, 5) is 0. The lowest BCUT2D eigenvalue weighted by atomic mass is 9.87. The van der Waals surface area contributed by atoms with Crippen LogP contribution in [0, 0.1) is 0 Å². The maximum Gasteiger partial charge on any atom is 0.135 e. The van der Waals surface area contributed by atoms with Crippen molar-refractivity contribution in [3.05, 3.63) is 145 Å². The maximum absolute atomic E-state index is 6.35. The molecule has 0 spiro atoms. The number of dihydropyridines is 2. The van der Waals surface area contributed by atoms with E-state index in [9.17, 15) is 0 Å². The van der Waals surface area contributed by atoms with E-state index in [1.54, 1.807) is 0 Å². The fourth-order valence-corrected chi connectivity index (χ4v) is 6.20. The van der Waals surface area contributed by atoms with Crippen LogP contribution >= 0.6 is 0 Å². The predicted octanol–water partition coefficient (Wildman–Crippen LogP) is 8.56. The number of allylic oxidation sites excluding steroid dienone is 4. The average molecular weight is 503 g/mol. The number of ether oxygens (including phenoxy) is 1. The number of para-hydroxylation sites is 1. The Labute approximate surface area is 227 Å². The van der Waals surface area contributed by atoms with E-state index in [0.29, 0.717) is 0 Å². The van der Waals surface area contributed by atoms with Gasteiger partial charge in [-0.05, 0) is 68.9 Å².